The molecule has 0 aromatic rings. The van der Waals surface area contributed by atoms with Crippen molar-refractivity contribution >= 4 is 5.71 Å². The Kier molecular flexibility index (Phi) is 2.92. The summed E-state index contributed by atoms with van der Waals surface area (Å²) in [5.74, 6) is 1.31. The van der Waals surface area contributed by atoms with Gasteiger partial charge in [-0.3, -0.25) is 0 Å². The quantitative estimate of drug-likeness (QED) is 0.451. The van der Waals surface area contributed by atoms with Gasteiger partial charge in [0.15, 0.2) is 0 Å². The van der Waals surface area contributed by atoms with E-state index in [1.165, 1.54) is 12.8 Å². The first-order valence-corrected chi connectivity index (χ1v) is 4.36. The number of nitrogens with zero attached hydrogens (tertiary/aromatic N) is 1. The highest BCUT2D eigenvalue weighted by Gasteiger charge is 2.21. The summed E-state index contributed by atoms with van der Waals surface area (Å²) in [4.78, 5) is 5.17. The van der Waals surface area contributed by atoms with E-state index in [0.29, 0.717) is 5.92 Å². The van der Waals surface area contributed by atoms with Crippen LogP contribution in [0.2, 0.25) is 0 Å². The standard InChI is InChI=1S/C9H17NO/c1-7(2)8(3)10-11-6-9-4-5-9/h7,9H,4-6H2,1-3H3/b10-8+. The van der Waals surface area contributed by atoms with Gasteiger partial charge >= 0.3 is 0 Å². The minimum atomic E-state index is 0.509. The van der Waals surface area contributed by atoms with E-state index in [0.717, 1.165) is 18.2 Å². The Bertz CT molecular complexity index is 148. The van der Waals surface area contributed by atoms with E-state index in [9.17, 15) is 0 Å². The zero-order valence-electron chi connectivity index (χ0n) is 7.63. The van der Waals surface area contributed by atoms with Crippen LogP contribution in [-0.4, -0.2) is 12.3 Å². The van der Waals surface area contributed by atoms with E-state index in [-0.39, 0.29) is 0 Å². The van der Waals surface area contributed by atoms with Crippen LogP contribution in [0.15, 0.2) is 5.16 Å². The lowest BCUT2D eigenvalue weighted by Crippen LogP contribution is -2.03. The Hall–Kier alpha value is -0.530. The van der Waals surface area contributed by atoms with Gasteiger partial charge in [-0.25, -0.2) is 0 Å². The van der Waals surface area contributed by atoms with E-state index in [4.69, 9.17) is 4.84 Å². The molecule has 0 bridgehead atoms. The third kappa shape index (κ3) is 3.40. The SMILES string of the molecule is C/C(=N\OCC1CC1)C(C)C. The Morgan fingerprint density at radius 1 is 1.55 bits per heavy atom. The lowest BCUT2D eigenvalue weighted by molar-refractivity contribution is 0.132. The van der Waals surface area contributed by atoms with E-state index < -0.39 is 0 Å². The molecule has 64 valence electrons. The molecule has 0 amide bonds. The predicted octanol–water partition coefficient (Wildman–Crippen LogP) is 2.44. The van der Waals surface area contributed by atoms with Gasteiger partial charge in [0.25, 0.3) is 0 Å². The molecule has 0 aliphatic heterocycles. The fourth-order valence-electron chi connectivity index (χ4n) is 0.634. The van der Waals surface area contributed by atoms with Gasteiger partial charge in [-0.15, -0.1) is 0 Å². The smallest absolute Gasteiger partial charge is 0.120 e. The van der Waals surface area contributed by atoms with Gasteiger partial charge in [0.2, 0.25) is 0 Å². The number of oxime groups is 1. The number of hydrogen-bond donors (Lipinski definition) is 0. The minimum absolute atomic E-state index is 0.509. The molecule has 2 nitrogen and oxygen atoms in total. The molecule has 2 heteroatoms. The molecule has 11 heavy (non-hydrogen) atoms. The van der Waals surface area contributed by atoms with Gasteiger partial charge in [-0.05, 0) is 31.6 Å². The predicted molar refractivity (Wildman–Crippen MR) is 46.6 cm³/mol. The number of rotatable bonds is 4. The van der Waals surface area contributed by atoms with Gasteiger partial charge < -0.3 is 4.84 Å². The van der Waals surface area contributed by atoms with Crippen LogP contribution in [0.3, 0.4) is 0 Å². The van der Waals surface area contributed by atoms with Gasteiger partial charge in [-0.1, -0.05) is 19.0 Å². The molecular formula is C9H17NO. The van der Waals surface area contributed by atoms with E-state index >= 15 is 0 Å². The van der Waals surface area contributed by atoms with Crippen LogP contribution in [0, 0.1) is 11.8 Å². The Balaban J connectivity index is 2.10. The third-order valence-corrected chi connectivity index (χ3v) is 2.05. The van der Waals surface area contributed by atoms with Crippen molar-refractivity contribution in [1.82, 2.24) is 0 Å². The highest BCUT2D eigenvalue weighted by molar-refractivity contribution is 5.83. The summed E-state index contributed by atoms with van der Waals surface area (Å²) >= 11 is 0. The first-order chi connectivity index (χ1) is 5.20. The first kappa shape index (κ1) is 8.57. The van der Waals surface area contributed by atoms with Gasteiger partial charge in [0, 0.05) is 0 Å². The van der Waals surface area contributed by atoms with Crippen molar-refractivity contribution < 1.29 is 4.84 Å². The zero-order chi connectivity index (χ0) is 8.27. The summed E-state index contributed by atoms with van der Waals surface area (Å²) in [6.07, 6.45) is 2.66. The number of hydrogen-bond acceptors (Lipinski definition) is 2. The molecule has 1 aliphatic carbocycles. The highest BCUT2D eigenvalue weighted by Crippen LogP contribution is 2.28. The Morgan fingerprint density at radius 3 is 2.64 bits per heavy atom. The molecule has 0 saturated heterocycles. The van der Waals surface area contributed by atoms with Gasteiger partial charge in [0.1, 0.15) is 6.61 Å². The molecule has 0 N–H and O–H groups in total. The molecule has 0 atom stereocenters. The van der Waals surface area contributed by atoms with Crippen LogP contribution in [0.5, 0.6) is 0 Å². The van der Waals surface area contributed by atoms with Crippen LogP contribution in [-0.2, 0) is 4.84 Å². The third-order valence-electron chi connectivity index (χ3n) is 2.05. The van der Waals surface area contributed by atoms with Gasteiger partial charge in [-0.2, -0.15) is 0 Å². The van der Waals surface area contributed by atoms with Crippen molar-refractivity contribution in [2.75, 3.05) is 6.61 Å². The van der Waals surface area contributed by atoms with Crippen LogP contribution in [0.1, 0.15) is 33.6 Å². The van der Waals surface area contributed by atoms with Crippen molar-refractivity contribution in [2.24, 2.45) is 17.0 Å². The molecule has 0 spiro atoms. The average Bonchev–Trinajstić information content (AvgIpc) is 2.71. The molecule has 0 heterocycles. The maximum absolute atomic E-state index is 5.17. The Labute approximate surface area is 68.6 Å². The lowest BCUT2D eigenvalue weighted by atomic mass is 10.1. The lowest BCUT2D eigenvalue weighted by Gasteiger charge is -2.03. The second kappa shape index (κ2) is 3.74. The Morgan fingerprint density at radius 2 is 2.18 bits per heavy atom. The van der Waals surface area contributed by atoms with Crippen molar-refractivity contribution in [2.45, 2.75) is 33.6 Å². The average molecular weight is 155 g/mol. The van der Waals surface area contributed by atoms with Crippen LogP contribution < -0.4 is 0 Å². The van der Waals surface area contributed by atoms with E-state index in [1.54, 1.807) is 0 Å². The van der Waals surface area contributed by atoms with Crippen LogP contribution in [0.4, 0.5) is 0 Å². The maximum atomic E-state index is 5.17. The maximum Gasteiger partial charge on any atom is 0.120 e. The molecule has 0 aromatic carbocycles. The minimum Gasteiger partial charge on any atom is -0.396 e. The van der Waals surface area contributed by atoms with E-state index in [1.807, 2.05) is 6.92 Å². The fourth-order valence-corrected chi connectivity index (χ4v) is 0.634. The zero-order valence-corrected chi connectivity index (χ0v) is 7.63. The van der Waals surface area contributed by atoms with Crippen molar-refractivity contribution in [3.63, 3.8) is 0 Å². The molecule has 1 fully saturated rings. The van der Waals surface area contributed by atoms with Crippen molar-refractivity contribution in [3.05, 3.63) is 0 Å². The van der Waals surface area contributed by atoms with Crippen LogP contribution in [0.25, 0.3) is 0 Å². The second-order valence-corrected chi connectivity index (χ2v) is 3.63. The summed E-state index contributed by atoms with van der Waals surface area (Å²) in [6.45, 7) is 7.08. The van der Waals surface area contributed by atoms with Crippen molar-refractivity contribution in [3.8, 4) is 0 Å². The molecule has 0 radical (unpaired) electrons. The van der Waals surface area contributed by atoms with Gasteiger partial charge in [0.05, 0.1) is 5.71 Å². The fraction of sp³-hybridized carbons (Fsp3) is 0.889. The normalized spacial score (nSPS) is 19.1. The molecule has 0 aromatic heterocycles. The molecule has 1 aliphatic rings. The molecule has 0 unspecified atom stereocenters. The van der Waals surface area contributed by atoms with Crippen LogP contribution >= 0.6 is 0 Å². The van der Waals surface area contributed by atoms with E-state index in [2.05, 4.69) is 19.0 Å². The molecular weight excluding hydrogens is 138 g/mol. The first-order valence-electron chi connectivity index (χ1n) is 4.36. The summed E-state index contributed by atoms with van der Waals surface area (Å²) in [7, 11) is 0. The second-order valence-electron chi connectivity index (χ2n) is 3.63. The summed E-state index contributed by atoms with van der Waals surface area (Å²) < 4.78 is 0. The summed E-state index contributed by atoms with van der Waals surface area (Å²) in [5.41, 5.74) is 1.09. The highest BCUT2D eigenvalue weighted by atomic mass is 16.6. The monoisotopic (exact) mass is 155 g/mol. The summed E-state index contributed by atoms with van der Waals surface area (Å²) in [6, 6.07) is 0. The molecule has 1 saturated carbocycles. The molecule has 1 rings (SSSR count). The van der Waals surface area contributed by atoms with Crippen molar-refractivity contribution in [1.29, 1.82) is 0 Å². The largest absolute Gasteiger partial charge is 0.396 e. The topological polar surface area (TPSA) is 21.6 Å². The summed E-state index contributed by atoms with van der Waals surface area (Å²) in [5, 5.41) is 4.02.